The van der Waals surface area contributed by atoms with E-state index in [2.05, 4.69) is 10.0 Å². The number of amides is 1. The predicted molar refractivity (Wildman–Crippen MR) is 120 cm³/mol. The molecule has 1 amide bonds. The number of nitrogens with zero attached hydrogens (tertiary/aromatic N) is 1. The smallest absolute Gasteiger partial charge is 0.261 e. The van der Waals surface area contributed by atoms with E-state index in [4.69, 9.17) is 0 Å². The molecule has 0 aliphatic rings. The molecule has 0 aliphatic carbocycles. The molecule has 0 atom stereocenters. The summed E-state index contributed by atoms with van der Waals surface area (Å²) >= 11 is 0. The Kier molecular flexibility index (Phi) is 6.74. The Balaban J connectivity index is 1.58. The van der Waals surface area contributed by atoms with E-state index < -0.39 is 10.0 Å². The maximum Gasteiger partial charge on any atom is 0.261 e. The number of sulfonamides is 1. The molecule has 156 valence electrons. The van der Waals surface area contributed by atoms with E-state index in [0.717, 1.165) is 11.3 Å². The van der Waals surface area contributed by atoms with E-state index in [1.165, 1.54) is 24.3 Å². The molecule has 0 heterocycles. The number of likely N-dealkylation sites (N-methyl/N-ethyl adjacent to an activating group) is 1. The van der Waals surface area contributed by atoms with Gasteiger partial charge in [-0.25, -0.2) is 8.42 Å². The molecule has 6 nitrogen and oxygen atoms in total. The summed E-state index contributed by atoms with van der Waals surface area (Å²) in [6.45, 7) is 2.96. The van der Waals surface area contributed by atoms with Gasteiger partial charge >= 0.3 is 0 Å². The van der Waals surface area contributed by atoms with Crippen LogP contribution in [0.15, 0.2) is 83.8 Å². The van der Waals surface area contributed by atoms with Gasteiger partial charge in [0.15, 0.2) is 0 Å². The average molecular weight is 424 g/mol. The summed E-state index contributed by atoms with van der Waals surface area (Å²) in [5, 5.41) is 2.86. The van der Waals surface area contributed by atoms with Gasteiger partial charge in [-0.2, -0.15) is 0 Å². The summed E-state index contributed by atoms with van der Waals surface area (Å²) < 4.78 is 27.8. The second kappa shape index (κ2) is 9.45. The van der Waals surface area contributed by atoms with Crippen molar-refractivity contribution >= 4 is 27.3 Å². The number of carbonyl (C=O) groups excluding carboxylic acids is 1. The molecule has 30 heavy (non-hydrogen) atoms. The first-order valence-corrected chi connectivity index (χ1v) is 11.1. The van der Waals surface area contributed by atoms with Crippen LogP contribution in [0.4, 0.5) is 11.4 Å². The van der Waals surface area contributed by atoms with Gasteiger partial charge in [0, 0.05) is 31.4 Å². The lowest BCUT2D eigenvalue weighted by molar-refractivity contribution is 0.0954. The van der Waals surface area contributed by atoms with Gasteiger partial charge in [-0.1, -0.05) is 36.4 Å². The van der Waals surface area contributed by atoms with E-state index in [9.17, 15) is 13.2 Å². The summed E-state index contributed by atoms with van der Waals surface area (Å²) in [7, 11) is -1.76. The Hall–Kier alpha value is -3.32. The molecule has 0 spiro atoms. The third-order valence-corrected chi connectivity index (χ3v) is 6.13. The first kappa shape index (κ1) is 21.4. The topological polar surface area (TPSA) is 78.5 Å². The quantitative estimate of drug-likeness (QED) is 0.580. The van der Waals surface area contributed by atoms with Crippen molar-refractivity contribution in [1.29, 1.82) is 0 Å². The summed E-state index contributed by atoms with van der Waals surface area (Å²) in [6, 6.07) is 23.0. The molecular weight excluding hydrogens is 398 g/mol. The zero-order chi connectivity index (χ0) is 21.6. The highest BCUT2D eigenvalue weighted by Gasteiger charge is 2.16. The molecular formula is C23H25N3O3S. The highest BCUT2D eigenvalue weighted by molar-refractivity contribution is 7.92. The molecule has 0 fully saturated rings. The van der Waals surface area contributed by atoms with Gasteiger partial charge in [0.1, 0.15) is 0 Å². The molecule has 7 heteroatoms. The fourth-order valence-electron chi connectivity index (χ4n) is 2.93. The number of rotatable bonds is 8. The molecule has 3 rings (SSSR count). The number of para-hydroxylation sites is 2. The predicted octanol–water partition coefficient (Wildman–Crippen LogP) is 3.66. The molecule has 3 aromatic rings. The summed E-state index contributed by atoms with van der Waals surface area (Å²) in [5.41, 5.74) is 2.84. The van der Waals surface area contributed by atoms with Gasteiger partial charge in [0.2, 0.25) is 0 Å². The highest BCUT2D eigenvalue weighted by Crippen LogP contribution is 2.19. The van der Waals surface area contributed by atoms with Gasteiger partial charge < -0.3 is 10.2 Å². The Bertz CT molecular complexity index is 1100. The van der Waals surface area contributed by atoms with Crippen molar-refractivity contribution in [3.05, 3.63) is 90.0 Å². The van der Waals surface area contributed by atoms with Crippen molar-refractivity contribution in [3.8, 4) is 0 Å². The SMILES string of the molecule is Cc1ccccc1NS(=O)(=O)c1ccc(C(=O)NCCN(C)c2ccccc2)cc1. The first-order chi connectivity index (χ1) is 14.4. The lowest BCUT2D eigenvalue weighted by Gasteiger charge is -2.19. The zero-order valence-corrected chi connectivity index (χ0v) is 17.8. The standard InChI is InChI=1S/C23H25N3O3S/c1-18-8-6-7-11-22(18)25-30(28,29)21-14-12-19(13-15-21)23(27)24-16-17-26(2)20-9-4-3-5-10-20/h3-15,25H,16-17H2,1-2H3,(H,24,27). The van der Waals surface area contributed by atoms with Crippen LogP contribution in [0.2, 0.25) is 0 Å². The third-order valence-electron chi connectivity index (χ3n) is 4.75. The molecule has 0 aromatic heterocycles. The number of nitrogens with one attached hydrogen (secondary N) is 2. The van der Waals surface area contributed by atoms with Crippen molar-refractivity contribution in [1.82, 2.24) is 5.32 Å². The number of hydrogen-bond acceptors (Lipinski definition) is 4. The first-order valence-electron chi connectivity index (χ1n) is 9.60. The minimum Gasteiger partial charge on any atom is -0.373 e. The van der Waals surface area contributed by atoms with Crippen LogP contribution in [0.5, 0.6) is 0 Å². The largest absolute Gasteiger partial charge is 0.373 e. The van der Waals surface area contributed by atoms with Gasteiger partial charge in [-0.3, -0.25) is 9.52 Å². The number of benzene rings is 3. The molecule has 2 N–H and O–H groups in total. The van der Waals surface area contributed by atoms with Crippen LogP contribution in [0.3, 0.4) is 0 Å². The van der Waals surface area contributed by atoms with E-state index in [-0.39, 0.29) is 10.8 Å². The average Bonchev–Trinajstić information content (AvgIpc) is 2.76. The molecule has 0 saturated carbocycles. The minimum atomic E-state index is -3.73. The van der Waals surface area contributed by atoms with Crippen LogP contribution in [0.1, 0.15) is 15.9 Å². The molecule has 0 unspecified atom stereocenters. The number of carbonyl (C=O) groups is 1. The van der Waals surface area contributed by atoms with E-state index in [0.29, 0.717) is 24.3 Å². The van der Waals surface area contributed by atoms with Gasteiger partial charge in [0.05, 0.1) is 10.6 Å². The van der Waals surface area contributed by atoms with Crippen molar-refractivity contribution in [3.63, 3.8) is 0 Å². The molecule has 3 aromatic carbocycles. The monoisotopic (exact) mass is 423 g/mol. The van der Waals surface area contributed by atoms with Crippen LogP contribution in [0.25, 0.3) is 0 Å². The van der Waals surface area contributed by atoms with Crippen molar-refractivity contribution in [2.24, 2.45) is 0 Å². The second-order valence-electron chi connectivity index (χ2n) is 6.96. The molecule has 0 radical (unpaired) electrons. The van der Waals surface area contributed by atoms with Crippen LogP contribution in [0, 0.1) is 6.92 Å². The Morgan fingerprint density at radius 3 is 2.20 bits per heavy atom. The van der Waals surface area contributed by atoms with Crippen LogP contribution < -0.4 is 14.9 Å². The summed E-state index contributed by atoms with van der Waals surface area (Å²) in [4.78, 5) is 14.5. The maximum absolute atomic E-state index is 12.6. The second-order valence-corrected chi connectivity index (χ2v) is 8.64. The number of aryl methyl sites for hydroxylation is 1. The van der Waals surface area contributed by atoms with E-state index >= 15 is 0 Å². The lowest BCUT2D eigenvalue weighted by atomic mass is 10.2. The van der Waals surface area contributed by atoms with Gasteiger partial charge in [-0.05, 0) is 55.0 Å². The molecule has 0 bridgehead atoms. The normalized spacial score (nSPS) is 11.0. The highest BCUT2D eigenvalue weighted by atomic mass is 32.2. The summed E-state index contributed by atoms with van der Waals surface area (Å²) in [6.07, 6.45) is 0. The Morgan fingerprint density at radius 2 is 1.53 bits per heavy atom. The van der Waals surface area contributed by atoms with E-state index in [1.807, 2.05) is 61.3 Å². The van der Waals surface area contributed by atoms with Crippen molar-refractivity contribution in [2.45, 2.75) is 11.8 Å². The third kappa shape index (κ3) is 5.39. The van der Waals surface area contributed by atoms with Gasteiger partial charge in [0.25, 0.3) is 15.9 Å². The van der Waals surface area contributed by atoms with E-state index in [1.54, 1.807) is 12.1 Å². The molecule has 0 aliphatic heterocycles. The fraction of sp³-hybridized carbons (Fsp3) is 0.174. The molecule has 0 saturated heterocycles. The minimum absolute atomic E-state index is 0.103. The van der Waals surface area contributed by atoms with Gasteiger partial charge in [-0.15, -0.1) is 0 Å². The Labute approximate surface area is 177 Å². The number of anilines is 2. The van der Waals surface area contributed by atoms with Crippen molar-refractivity contribution < 1.29 is 13.2 Å². The lowest BCUT2D eigenvalue weighted by Crippen LogP contribution is -2.33. The maximum atomic E-state index is 12.6. The van der Waals surface area contributed by atoms with Crippen LogP contribution in [-0.4, -0.2) is 34.5 Å². The summed E-state index contributed by atoms with van der Waals surface area (Å²) in [5.74, 6) is -0.243. The fourth-order valence-corrected chi connectivity index (χ4v) is 4.06. The van der Waals surface area contributed by atoms with Crippen LogP contribution in [-0.2, 0) is 10.0 Å². The Morgan fingerprint density at radius 1 is 0.900 bits per heavy atom. The number of hydrogen-bond donors (Lipinski definition) is 2. The zero-order valence-electron chi connectivity index (χ0n) is 17.0. The van der Waals surface area contributed by atoms with Crippen LogP contribution >= 0.6 is 0 Å². The van der Waals surface area contributed by atoms with Crippen molar-refractivity contribution in [2.75, 3.05) is 29.8 Å².